The molecule has 1 aromatic carbocycles. The molecule has 88 valence electrons. The zero-order valence-corrected chi connectivity index (χ0v) is 9.43. The monoisotopic (exact) mass is 230 g/mol. The summed E-state index contributed by atoms with van der Waals surface area (Å²) in [5.41, 5.74) is 0.958. The molecule has 0 fully saturated rings. The maximum atomic E-state index is 11.8. The summed E-state index contributed by atoms with van der Waals surface area (Å²) in [7, 11) is 0. The van der Waals surface area contributed by atoms with E-state index in [1.165, 1.54) is 6.07 Å². The van der Waals surface area contributed by atoms with Crippen molar-refractivity contribution >= 4 is 12.0 Å². The fourth-order valence-corrected chi connectivity index (χ4v) is 1.75. The van der Waals surface area contributed by atoms with Gasteiger partial charge in [-0.15, -0.1) is 0 Å². The van der Waals surface area contributed by atoms with Crippen molar-refractivity contribution in [1.82, 2.24) is 0 Å². The molecule has 1 unspecified atom stereocenters. The molecule has 0 heterocycles. The molecule has 1 atom stereocenters. The molecule has 0 aliphatic heterocycles. The zero-order valence-electron chi connectivity index (χ0n) is 9.43. The fourth-order valence-electron chi connectivity index (χ4n) is 1.75. The molecule has 0 saturated heterocycles. The lowest BCUT2D eigenvalue weighted by Crippen LogP contribution is -2.14. The van der Waals surface area contributed by atoms with Gasteiger partial charge < -0.3 is 9.84 Å². The smallest absolute Gasteiger partial charge is 0.342 e. The van der Waals surface area contributed by atoms with Crippen molar-refractivity contribution in [2.75, 3.05) is 0 Å². The van der Waals surface area contributed by atoms with Crippen molar-refractivity contribution in [2.45, 2.75) is 18.9 Å². The topological polar surface area (TPSA) is 46.5 Å². The summed E-state index contributed by atoms with van der Waals surface area (Å²) in [5.74, 6) is -0.565. The third-order valence-electron chi connectivity index (χ3n) is 2.70. The Morgan fingerprint density at radius 3 is 3.00 bits per heavy atom. The number of hydrogen-bond donors (Lipinski definition) is 1. The second kappa shape index (κ2) is 4.87. The normalized spacial score (nSPS) is 18.0. The Balaban J connectivity index is 2.17. The average Bonchev–Trinajstić information content (AvgIpc) is 2.82. The molecule has 3 heteroatoms. The van der Waals surface area contributed by atoms with Crippen LogP contribution in [-0.4, -0.2) is 17.2 Å². The van der Waals surface area contributed by atoms with Crippen LogP contribution in [0.5, 0.6) is 5.75 Å². The second-order valence-electron chi connectivity index (χ2n) is 3.93. The van der Waals surface area contributed by atoms with E-state index in [4.69, 9.17) is 4.74 Å². The van der Waals surface area contributed by atoms with E-state index in [9.17, 15) is 9.90 Å². The molecule has 0 bridgehead atoms. The van der Waals surface area contributed by atoms with Crippen molar-refractivity contribution in [3.05, 3.63) is 48.1 Å². The van der Waals surface area contributed by atoms with Crippen LogP contribution in [0, 0.1) is 0 Å². The minimum Gasteiger partial charge on any atom is -0.507 e. The summed E-state index contributed by atoms with van der Waals surface area (Å²) in [6, 6.07) is 4.73. The van der Waals surface area contributed by atoms with Gasteiger partial charge in [-0.05, 0) is 36.6 Å². The van der Waals surface area contributed by atoms with Crippen LogP contribution in [0.15, 0.2) is 36.9 Å². The predicted molar refractivity (Wildman–Crippen MR) is 65.8 cm³/mol. The number of hydrogen-bond acceptors (Lipinski definition) is 3. The van der Waals surface area contributed by atoms with E-state index in [1.54, 1.807) is 18.2 Å². The molecule has 3 nitrogen and oxygen atoms in total. The average molecular weight is 230 g/mol. The van der Waals surface area contributed by atoms with Crippen LogP contribution in [-0.2, 0) is 4.74 Å². The van der Waals surface area contributed by atoms with Crippen LogP contribution < -0.4 is 0 Å². The van der Waals surface area contributed by atoms with Crippen molar-refractivity contribution in [3.8, 4) is 5.75 Å². The number of allylic oxidation sites excluding steroid dienone is 1. The standard InChI is InChI=1S/C14H14O3/c1-2-10-7-8-13(15)12(9-10)14(16)17-11-5-3-4-6-11/h2-3,5,7-9,11,15H,1,4,6H2. The highest BCUT2D eigenvalue weighted by atomic mass is 16.5. The van der Waals surface area contributed by atoms with E-state index in [0.717, 1.165) is 18.4 Å². The summed E-state index contributed by atoms with van der Waals surface area (Å²) in [5, 5.41) is 9.62. The number of ether oxygens (including phenoxy) is 1. The van der Waals surface area contributed by atoms with E-state index >= 15 is 0 Å². The van der Waals surface area contributed by atoms with Gasteiger partial charge in [0.15, 0.2) is 0 Å². The minimum atomic E-state index is -0.497. The molecule has 1 aliphatic rings. The number of rotatable bonds is 3. The van der Waals surface area contributed by atoms with E-state index in [-0.39, 0.29) is 17.4 Å². The molecule has 0 spiro atoms. The van der Waals surface area contributed by atoms with Gasteiger partial charge in [-0.2, -0.15) is 0 Å². The highest BCUT2D eigenvalue weighted by Gasteiger charge is 2.18. The summed E-state index contributed by atoms with van der Waals surface area (Å²) in [6.45, 7) is 3.62. The fraction of sp³-hybridized carbons (Fsp3) is 0.214. The van der Waals surface area contributed by atoms with Crippen LogP contribution >= 0.6 is 0 Å². The molecule has 0 saturated carbocycles. The quantitative estimate of drug-likeness (QED) is 0.641. The molecule has 0 amide bonds. The first-order chi connectivity index (χ1) is 8.20. The van der Waals surface area contributed by atoms with Crippen molar-refractivity contribution in [1.29, 1.82) is 0 Å². The zero-order chi connectivity index (χ0) is 12.3. The summed E-state index contributed by atoms with van der Waals surface area (Å²) >= 11 is 0. The van der Waals surface area contributed by atoms with Gasteiger partial charge in [0.1, 0.15) is 17.4 Å². The SMILES string of the molecule is C=Cc1ccc(O)c(C(=O)OC2C=CCC2)c1. The van der Waals surface area contributed by atoms with E-state index in [1.807, 2.05) is 12.2 Å². The predicted octanol–water partition coefficient (Wildman–Crippen LogP) is 2.91. The molecule has 2 rings (SSSR count). The molecule has 1 aliphatic carbocycles. The van der Waals surface area contributed by atoms with Crippen LogP contribution in [0.3, 0.4) is 0 Å². The van der Waals surface area contributed by atoms with Gasteiger partial charge in [0.05, 0.1) is 0 Å². The Morgan fingerprint density at radius 2 is 2.35 bits per heavy atom. The van der Waals surface area contributed by atoms with Crippen LogP contribution in [0.4, 0.5) is 0 Å². The number of benzene rings is 1. The van der Waals surface area contributed by atoms with Gasteiger partial charge in [-0.1, -0.05) is 24.8 Å². The molecule has 1 N–H and O–H groups in total. The van der Waals surface area contributed by atoms with Gasteiger partial charge in [0, 0.05) is 0 Å². The van der Waals surface area contributed by atoms with Gasteiger partial charge >= 0.3 is 5.97 Å². The Bertz CT molecular complexity index is 474. The molecule has 17 heavy (non-hydrogen) atoms. The lowest BCUT2D eigenvalue weighted by atomic mass is 10.1. The number of aromatic hydroxyl groups is 1. The number of phenols is 1. The number of phenolic OH excluding ortho intramolecular Hbond substituents is 1. The molecular formula is C14H14O3. The van der Waals surface area contributed by atoms with Crippen molar-refractivity contribution in [3.63, 3.8) is 0 Å². The lowest BCUT2D eigenvalue weighted by Gasteiger charge is -2.11. The Morgan fingerprint density at radius 1 is 1.53 bits per heavy atom. The van der Waals surface area contributed by atoms with Crippen LogP contribution in [0.1, 0.15) is 28.8 Å². The van der Waals surface area contributed by atoms with Gasteiger partial charge in [-0.25, -0.2) is 4.79 Å². The largest absolute Gasteiger partial charge is 0.507 e. The van der Waals surface area contributed by atoms with E-state index in [2.05, 4.69) is 6.58 Å². The number of esters is 1. The van der Waals surface area contributed by atoms with Gasteiger partial charge in [0.2, 0.25) is 0 Å². The van der Waals surface area contributed by atoms with Crippen molar-refractivity contribution in [2.24, 2.45) is 0 Å². The molecular weight excluding hydrogens is 216 g/mol. The Kier molecular flexibility index (Phi) is 3.28. The lowest BCUT2D eigenvalue weighted by molar-refractivity contribution is 0.0392. The highest BCUT2D eigenvalue weighted by Crippen LogP contribution is 2.22. The maximum Gasteiger partial charge on any atom is 0.342 e. The van der Waals surface area contributed by atoms with Gasteiger partial charge in [-0.3, -0.25) is 0 Å². The third kappa shape index (κ3) is 2.56. The molecule has 0 aromatic heterocycles. The maximum absolute atomic E-state index is 11.8. The van der Waals surface area contributed by atoms with Crippen molar-refractivity contribution < 1.29 is 14.6 Å². The van der Waals surface area contributed by atoms with Crippen LogP contribution in [0.2, 0.25) is 0 Å². The van der Waals surface area contributed by atoms with E-state index < -0.39 is 5.97 Å². The first-order valence-corrected chi connectivity index (χ1v) is 5.54. The summed E-state index contributed by atoms with van der Waals surface area (Å²) < 4.78 is 5.26. The molecule has 1 aromatic rings. The highest BCUT2D eigenvalue weighted by molar-refractivity contribution is 5.93. The Hall–Kier alpha value is -2.03. The Labute approximate surface area is 100 Å². The van der Waals surface area contributed by atoms with Crippen LogP contribution in [0.25, 0.3) is 6.08 Å². The van der Waals surface area contributed by atoms with Gasteiger partial charge in [0.25, 0.3) is 0 Å². The summed E-state index contributed by atoms with van der Waals surface area (Å²) in [6.07, 6.45) is 7.04. The molecule has 0 radical (unpaired) electrons. The minimum absolute atomic E-state index is 0.0671. The summed E-state index contributed by atoms with van der Waals surface area (Å²) in [4.78, 5) is 11.8. The van der Waals surface area contributed by atoms with E-state index in [0.29, 0.717) is 0 Å². The first-order valence-electron chi connectivity index (χ1n) is 5.54. The third-order valence-corrected chi connectivity index (χ3v) is 2.70. The number of carbonyl (C=O) groups is 1. The second-order valence-corrected chi connectivity index (χ2v) is 3.93. The first kappa shape index (κ1) is 11.5. The number of carbonyl (C=O) groups excluding carboxylic acids is 1.